The molecule has 0 spiro atoms. The van der Waals surface area contributed by atoms with Crippen LogP contribution in [-0.4, -0.2) is 19.3 Å². The van der Waals surface area contributed by atoms with E-state index < -0.39 is 0 Å². The first kappa shape index (κ1) is 14.1. The number of rotatable bonds is 2. The summed E-state index contributed by atoms with van der Waals surface area (Å²) in [4.78, 5) is 4.59. The maximum absolute atomic E-state index is 13.8. The molecule has 0 aliphatic carbocycles. The van der Waals surface area contributed by atoms with E-state index in [1.54, 1.807) is 4.68 Å². The Bertz CT molecular complexity index is 812. The van der Waals surface area contributed by atoms with Gasteiger partial charge in [-0.2, -0.15) is 5.10 Å². The van der Waals surface area contributed by atoms with Gasteiger partial charge in [0.15, 0.2) is 5.65 Å². The summed E-state index contributed by atoms with van der Waals surface area (Å²) in [6.07, 6.45) is 0. The second kappa shape index (κ2) is 4.84. The SMILES string of the molecule is Cc1cc(F)cc(-n2c(C(C)Cl)nc3c(C)nn(C)c32)c1. The van der Waals surface area contributed by atoms with Crippen LogP contribution in [0.1, 0.15) is 29.4 Å². The molecule has 1 atom stereocenters. The number of halogens is 2. The molecule has 2 aromatic heterocycles. The van der Waals surface area contributed by atoms with E-state index in [0.29, 0.717) is 11.5 Å². The Hall–Kier alpha value is -1.88. The zero-order valence-electron chi connectivity index (χ0n) is 12.4. The maximum Gasteiger partial charge on any atom is 0.163 e. The van der Waals surface area contributed by atoms with Crippen LogP contribution in [0.4, 0.5) is 4.39 Å². The van der Waals surface area contributed by atoms with Crippen LogP contribution in [0, 0.1) is 19.7 Å². The quantitative estimate of drug-likeness (QED) is 0.675. The topological polar surface area (TPSA) is 35.6 Å². The Labute approximate surface area is 127 Å². The van der Waals surface area contributed by atoms with Crippen LogP contribution in [-0.2, 0) is 7.05 Å². The number of aromatic nitrogens is 4. The number of fused-ring (bicyclic) bond motifs is 1. The van der Waals surface area contributed by atoms with Crippen molar-refractivity contribution in [1.29, 1.82) is 0 Å². The van der Waals surface area contributed by atoms with E-state index in [2.05, 4.69) is 10.1 Å². The van der Waals surface area contributed by atoms with Gasteiger partial charge in [0.2, 0.25) is 0 Å². The standard InChI is InChI=1S/C15H16ClFN4/c1-8-5-11(17)7-12(6-8)21-14(9(2)16)18-13-10(3)19-20(4)15(13)21/h5-7,9H,1-4H3. The minimum Gasteiger partial charge on any atom is -0.280 e. The minimum atomic E-state index is -0.291. The summed E-state index contributed by atoms with van der Waals surface area (Å²) in [5.41, 5.74) is 4.00. The van der Waals surface area contributed by atoms with Gasteiger partial charge in [-0.05, 0) is 44.5 Å². The predicted octanol–water partition coefficient (Wildman–Crippen LogP) is 3.81. The molecular formula is C15H16ClFN4. The summed E-state index contributed by atoms with van der Waals surface area (Å²) < 4.78 is 17.4. The molecule has 0 amide bonds. The van der Waals surface area contributed by atoms with Crippen LogP contribution < -0.4 is 0 Å². The fourth-order valence-electron chi connectivity index (χ4n) is 2.66. The van der Waals surface area contributed by atoms with Gasteiger partial charge in [-0.15, -0.1) is 11.6 Å². The van der Waals surface area contributed by atoms with Crippen LogP contribution in [0.25, 0.3) is 16.9 Å². The molecule has 0 aliphatic rings. The van der Waals surface area contributed by atoms with Crippen molar-refractivity contribution in [2.24, 2.45) is 7.05 Å². The highest BCUT2D eigenvalue weighted by molar-refractivity contribution is 6.20. The van der Waals surface area contributed by atoms with Crippen molar-refractivity contribution < 1.29 is 4.39 Å². The van der Waals surface area contributed by atoms with Crippen molar-refractivity contribution in [3.63, 3.8) is 0 Å². The summed E-state index contributed by atoms with van der Waals surface area (Å²) in [7, 11) is 1.85. The number of hydrogen-bond donors (Lipinski definition) is 0. The van der Waals surface area contributed by atoms with Crippen LogP contribution in [0.3, 0.4) is 0 Å². The smallest absolute Gasteiger partial charge is 0.163 e. The summed E-state index contributed by atoms with van der Waals surface area (Å²) >= 11 is 6.26. The molecular weight excluding hydrogens is 291 g/mol. The van der Waals surface area contributed by atoms with Crippen LogP contribution >= 0.6 is 11.6 Å². The molecule has 0 saturated carbocycles. The number of aryl methyl sites for hydroxylation is 3. The first-order valence-electron chi connectivity index (χ1n) is 6.72. The average Bonchev–Trinajstić information content (AvgIpc) is 2.88. The zero-order valence-corrected chi connectivity index (χ0v) is 13.1. The first-order chi connectivity index (χ1) is 9.88. The monoisotopic (exact) mass is 306 g/mol. The molecule has 21 heavy (non-hydrogen) atoms. The van der Waals surface area contributed by atoms with E-state index in [9.17, 15) is 4.39 Å². The predicted molar refractivity (Wildman–Crippen MR) is 81.5 cm³/mol. The van der Waals surface area contributed by atoms with Gasteiger partial charge < -0.3 is 0 Å². The lowest BCUT2D eigenvalue weighted by molar-refractivity contribution is 0.624. The maximum atomic E-state index is 13.8. The summed E-state index contributed by atoms with van der Waals surface area (Å²) in [5.74, 6) is 0.409. The zero-order chi connectivity index (χ0) is 15.3. The molecule has 0 saturated heterocycles. The van der Waals surface area contributed by atoms with E-state index in [-0.39, 0.29) is 11.2 Å². The molecule has 3 aromatic rings. The molecule has 4 nitrogen and oxygen atoms in total. The van der Waals surface area contributed by atoms with Gasteiger partial charge in [-0.3, -0.25) is 4.57 Å². The lowest BCUT2D eigenvalue weighted by Gasteiger charge is -2.12. The van der Waals surface area contributed by atoms with Crippen molar-refractivity contribution in [3.8, 4) is 5.69 Å². The Morgan fingerprint density at radius 2 is 1.95 bits per heavy atom. The van der Waals surface area contributed by atoms with Gasteiger partial charge in [0.1, 0.15) is 17.2 Å². The molecule has 0 aliphatic heterocycles. The Balaban J connectivity index is 2.41. The molecule has 0 fully saturated rings. The van der Waals surface area contributed by atoms with Gasteiger partial charge in [0.05, 0.1) is 16.8 Å². The molecule has 3 rings (SSSR count). The van der Waals surface area contributed by atoms with Crippen LogP contribution in [0.2, 0.25) is 0 Å². The third kappa shape index (κ3) is 2.21. The van der Waals surface area contributed by atoms with Gasteiger partial charge in [0, 0.05) is 7.05 Å². The van der Waals surface area contributed by atoms with Gasteiger partial charge in [-0.1, -0.05) is 0 Å². The van der Waals surface area contributed by atoms with Crippen molar-refractivity contribution in [2.75, 3.05) is 0 Å². The average molecular weight is 307 g/mol. The Morgan fingerprint density at radius 1 is 1.24 bits per heavy atom. The molecule has 6 heteroatoms. The van der Waals surface area contributed by atoms with Gasteiger partial charge >= 0.3 is 0 Å². The number of alkyl halides is 1. The fraction of sp³-hybridized carbons (Fsp3) is 0.333. The highest BCUT2D eigenvalue weighted by atomic mass is 35.5. The lowest BCUT2D eigenvalue weighted by Crippen LogP contribution is -2.06. The van der Waals surface area contributed by atoms with Gasteiger partial charge in [-0.25, -0.2) is 14.1 Å². The molecule has 0 N–H and O–H groups in total. The molecule has 110 valence electrons. The molecule has 0 bridgehead atoms. The Kier molecular flexibility index (Phi) is 3.24. The van der Waals surface area contributed by atoms with Crippen molar-refractivity contribution in [1.82, 2.24) is 19.3 Å². The third-order valence-electron chi connectivity index (χ3n) is 3.47. The molecule has 1 unspecified atom stereocenters. The van der Waals surface area contributed by atoms with E-state index in [4.69, 9.17) is 11.6 Å². The van der Waals surface area contributed by atoms with Crippen molar-refractivity contribution >= 4 is 22.8 Å². The second-order valence-electron chi connectivity index (χ2n) is 5.29. The fourth-order valence-corrected chi connectivity index (χ4v) is 2.80. The minimum absolute atomic E-state index is 0.279. The number of nitrogens with zero attached hydrogens (tertiary/aromatic N) is 4. The first-order valence-corrected chi connectivity index (χ1v) is 7.15. The molecule has 1 aromatic carbocycles. The van der Waals surface area contributed by atoms with E-state index >= 15 is 0 Å². The second-order valence-corrected chi connectivity index (χ2v) is 5.94. The van der Waals surface area contributed by atoms with Gasteiger partial charge in [0.25, 0.3) is 0 Å². The number of hydrogen-bond acceptors (Lipinski definition) is 2. The number of imidazole rings is 1. The number of benzene rings is 1. The van der Waals surface area contributed by atoms with Crippen molar-refractivity contribution in [3.05, 3.63) is 41.1 Å². The summed E-state index contributed by atoms with van der Waals surface area (Å²) in [5, 5.41) is 4.09. The van der Waals surface area contributed by atoms with E-state index in [1.807, 2.05) is 38.5 Å². The van der Waals surface area contributed by atoms with Crippen LogP contribution in [0.5, 0.6) is 0 Å². The highest BCUT2D eigenvalue weighted by Crippen LogP contribution is 2.29. The summed E-state index contributed by atoms with van der Waals surface area (Å²) in [6, 6.07) is 4.89. The lowest BCUT2D eigenvalue weighted by atomic mass is 10.2. The van der Waals surface area contributed by atoms with E-state index in [0.717, 1.165) is 22.4 Å². The van der Waals surface area contributed by atoms with Crippen LogP contribution in [0.15, 0.2) is 18.2 Å². The molecule has 0 radical (unpaired) electrons. The highest BCUT2D eigenvalue weighted by Gasteiger charge is 2.21. The van der Waals surface area contributed by atoms with Crippen molar-refractivity contribution in [2.45, 2.75) is 26.1 Å². The summed E-state index contributed by atoms with van der Waals surface area (Å²) in [6.45, 7) is 5.62. The largest absolute Gasteiger partial charge is 0.280 e. The third-order valence-corrected chi connectivity index (χ3v) is 3.66. The normalized spacial score (nSPS) is 13.0. The Morgan fingerprint density at radius 3 is 2.57 bits per heavy atom. The van der Waals surface area contributed by atoms with E-state index in [1.165, 1.54) is 12.1 Å². The molecule has 2 heterocycles.